The van der Waals surface area contributed by atoms with E-state index in [1.165, 1.54) is 16.7 Å². The Morgan fingerprint density at radius 1 is 1.11 bits per heavy atom. The largest absolute Gasteiger partial charge is 0.373 e. The van der Waals surface area contributed by atoms with Gasteiger partial charge < -0.3 is 5.32 Å². The Labute approximate surface area is 115 Å². The third-order valence-corrected chi connectivity index (χ3v) is 3.40. The first-order valence-electron chi connectivity index (χ1n) is 6.66. The zero-order valence-corrected chi connectivity index (χ0v) is 12.3. The van der Waals surface area contributed by atoms with Gasteiger partial charge in [0.2, 0.25) is 0 Å². The van der Waals surface area contributed by atoms with E-state index < -0.39 is 0 Å². The summed E-state index contributed by atoms with van der Waals surface area (Å²) in [6.07, 6.45) is 0. The zero-order valence-electron chi connectivity index (χ0n) is 12.3. The minimum absolute atomic E-state index is 0.317. The van der Waals surface area contributed by atoms with Crippen LogP contribution in [0.1, 0.15) is 36.7 Å². The van der Waals surface area contributed by atoms with Gasteiger partial charge in [-0.3, -0.25) is 0 Å². The highest BCUT2D eigenvalue weighted by Gasteiger charge is 2.11. The van der Waals surface area contributed by atoms with Gasteiger partial charge in [0.05, 0.1) is 5.69 Å². The third kappa shape index (κ3) is 2.75. The molecule has 0 atom stereocenters. The molecule has 0 saturated heterocycles. The number of nitrogens with zero attached hydrogens (tertiary/aromatic N) is 2. The highest BCUT2D eigenvalue weighted by atomic mass is 15.0. The van der Waals surface area contributed by atoms with E-state index in [1.54, 1.807) is 0 Å². The lowest BCUT2D eigenvalue weighted by Crippen LogP contribution is -2.04. The van der Waals surface area contributed by atoms with E-state index >= 15 is 0 Å². The van der Waals surface area contributed by atoms with Crippen molar-refractivity contribution in [1.82, 2.24) is 9.97 Å². The van der Waals surface area contributed by atoms with Crippen LogP contribution in [-0.2, 0) is 0 Å². The van der Waals surface area contributed by atoms with Gasteiger partial charge in [0.1, 0.15) is 11.6 Å². The van der Waals surface area contributed by atoms with Crippen molar-refractivity contribution in [2.75, 3.05) is 12.4 Å². The molecule has 2 aromatic rings. The molecule has 3 nitrogen and oxygen atoms in total. The van der Waals surface area contributed by atoms with Crippen LogP contribution in [0.3, 0.4) is 0 Å². The average Bonchev–Trinajstić information content (AvgIpc) is 2.41. The molecule has 0 fully saturated rings. The first-order valence-corrected chi connectivity index (χ1v) is 6.66. The molecule has 1 heterocycles. The highest BCUT2D eigenvalue weighted by molar-refractivity contribution is 5.67. The summed E-state index contributed by atoms with van der Waals surface area (Å²) in [6.45, 7) is 8.49. The predicted octanol–water partition coefficient (Wildman–Crippen LogP) is 3.93. The summed E-state index contributed by atoms with van der Waals surface area (Å²) < 4.78 is 0. The van der Waals surface area contributed by atoms with E-state index in [-0.39, 0.29) is 0 Å². The van der Waals surface area contributed by atoms with Gasteiger partial charge in [-0.1, -0.05) is 32.0 Å². The molecule has 0 saturated carbocycles. The smallest absolute Gasteiger partial charge is 0.133 e. The number of nitrogens with one attached hydrogen (secondary N) is 1. The van der Waals surface area contributed by atoms with E-state index in [2.05, 4.69) is 56.2 Å². The molecule has 0 spiro atoms. The SMILES string of the molecule is CNc1cc(-c2cccc(C)c2C)nc(C(C)C)n1. The maximum absolute atomic E-state index is 4.70. The summed E-state index contributed by atoms with van der Waals surface area (Å²) in [5.74, 6) is 2.06. The van der Waals surface area contributed by atoms with Crippen molar-refractivity contribution in [2.24, 2.45) is 0 Å². The lowest BCUT2D eigenvalue weighted by Gasteiger charge is -2.12. The van der Waals surface area contributed by atoms with Gasteiger partial charge >= 0.3 is 0 Å². The lowest BCUT2D eigenvalue weighted by atomic mass is 10.0. The van der Waals surface area contributed by atoms with Gasteiger partial charge in [-0.05, 0) is 25.0 Å². The quantitative estimate of drug-likeness (QED) is 0.903. The van der Waals surface area contributed by atoms with E-state index in [1.807, 2.05) is 13.1 Å². The van der Waals surface area contributed by atoms with Crippen LogP contribution in [-0.4, -0.2) is 17.0 Å². The molecule has 0 aliphatic rings. The van der Waals surface area contributed by atoms with Crippen molar-refractivity contribution in [1.29, 1.82) is 0 Å². The van der Waals surface area contributed by atoms with Crippen molar-refractivity contribution in [3.8, 4) is 11.3 Å². The van der Waals surface area contributed by atoms with Crippen molar-refractivity contribution in [3.05, 3.63) is 41.2 Å². The van der Waals surface area contributed by atoms with Crippen molar-refractivity contribution in [2.45, 2.75) is 33.6 Å². The van der Waals surface area contributed by atoms with Crippen LogP contribution in [0, 0.1) is 13.8 Å². The Morgan fingerprint density at radius 2 is 1.84 bits per heavy atom. The van der Waals surface area contributed by atoms with Crippen LogP contribution in [0.25, 0.3) is 11.3 Å². The van der Waals surface area contributed by atoms with E-state index in [0.29, 0.717) is 5.92 Å². The Hall–Kier alpha value is -1.90. The van der Waals surface area contributed by atoms with Crippen LogP contribution in [0.4, 0.5) is 5.82 Å². The van der Waals surface area contributed by atoms with Gasteiger partial charge in [0, 0.05) is 24.6 Å². The number of rotatable bonds is 3. The van der Waals surface area contributed by atoms with Crippen LogP contribution in [0.15, 0.2) is 24.3 Å². The lowest BCUT2D eigenvalue weighted by molar-refractivity contribution is 0.777. The maximum Gasteiger partial charge on any atom is 0.133 e. The normalized spacial score (nSPS) is 10.8. The second-order valence-electron chi connectivity index (χ2n) is 5.15. The summed E-state index contributed by atoms with van der Waals surface area (Å²) in [6, 6.07) is 8.33. The molecule has 0 unspecified atom stereocenters. The minimum Gasteiger partial charge on any atom is -0.373 e. The molecule has 1 aromatic carbocycles. The average molecular weight is 255 g/mol. The molecular weight excluding hydrogens is 234 g/mol. The highest BCUT2D eigenvalue weighted by Crippen LogP contribution is 2.26. The standard InChI is InChI=1S/C16H21N3/c1-10(2)16-18-14(9-15(17-5)19-16)13-8-6-7-11(3)12(13)4/h6-10H,1-5H3,(H,17,18,19). The molecule has 0 bridgehead atoms. The molecule has 0 aliphatic heterocycles. The van der Waals surface area contributed by atoms with E-state index in [4.69, 9.17) is 4.98 Å². The number of benzene rings is 1. The number of anilines is 1. The number of hydrogen-bond acceptors (Lipinski definition) is 3. The topological polar surface area (TPSA) is 37.8 Å². The molecule has 1 N–H and O–H groups in total. The monoisotopic (exact) mass is 255 g/mol. The molecule has 0 radical (unpaired) electrons. The summed E-state index contributed by atoms with van der Waals surface area (Å²) in [7, 11) is 1.89. The molecule has 3 heteroatoms. The first kappa shape index (κ1) is 13.5. The second kappa shape index (κ2) is 5.39. The molecule has 2 rings (SSSR count). The van der Waals surface area contributed by atoms with Crippen molar-refractivity contribution in [3.63, 3.8) is 0 Å². The minimum atomic E-state index is 0.317. The Balaban J connectivity index is 2.61. The van der Waals surface area contributed by atoms with Crippen LogP contribution < -0.4 is 5.32 Å². The van der Waals surface area contributed by atoms with Gasteiger partial charge in [-0.2, -0.15) is 0 Å². The summed E-state index contributed by atoms with van der Waals surface area (Å²) >= 11 is 0. The van der Waals surface area contributed by atoms with Crippen LogP contribution in [0.2, 0.25) is 0 Å². The van der Waals surface area contributed by atoms with Gasteiger partial charge in [-0.25, -0.2) is 9.97 Å². The van der Waals surface area contributed by atoms with E-state index in [9.17, 15) is 0 Å². The van der Waals surface area contributed by atoms with Crippen LogP contribution in [0.5, 0.6) is 0 Å². The molecule has 0 amide bonds. The van der Waals surface area contributed by atoms with E-state index in [0.717, 1.165) is 17.3 Å². The first-order chi connectivity index (χ1) is 9.02. The zero-order chi connectivity index (χ0) is 14.0. The third-order valence-electron chi connectivity index (χ3n) is 3.40. The maximum atomic E-state index is 4.70. The van der Waals surface area contributed by atoms with Crippen molar-refractivity contribution < 1.29 is 0 Å². The molecule has 1 aromatic heterocycles. The fourth-order valence-electron chi connectivity index (χ4n) is 2.02. The number of aromatic nitrogens is 2. The van der Waals surface area contributed by atoms with Gasteiger partial charge in [0.25, 0.3) is 0 Å². The second-order valence-corrected chi connectivity index (χ2v) is 5.15. The fourth-order valence-corrected chi connectivity index (χ4v) is 2.02. The van der Waals surface area contributed by atoms with Crippen LogP contribution >= 0.6 is 0 Å². The number of hydrogen-bond donors (Lipinski definition) is 1. The summed E-state index contributed by atoms with van der Waals surface area (Å²) in [5, 5.41) is 3.12. The fraction of sp³-hybridized carbons (Fsp3) is 0.375. The number of aryl methyl sites for hydroxylation is 1. The Kier molecular flexibility index (Phi) is 3.84. The molecular formula is C16H21N3. The van der Waals surface area contributed by atoms with Gasteiger partial charge in [0.15, 0.2) is 0 Å². The predicted molar refractivity (Wildman–Crippen MR) is 80.6 cm³/mol. The summed E-state index contributed by atoms with van der Waals surface area (Å²) in [5.41, 5.74) is 4.73. The Morgan fingerprint density at radius 3 is 2.47 bits per heavy atom. The molecule has 0 aliphatic carbocycles. The van der Waals surface area contributed by atoms with Crippen molar-refractivity contribution >= 4 is 5.82 Å². The Bertz CT molecular complexity index is 589. The molecule has 19 heavy (non-hydrogen) atoms. The van der Waals surface area contributed by atoms with Gasteiger partial charge in [-0.15, -0.1) is 0 Å². The molecule has 100 valence electrons. The summed E-state index contributed by atoms with van der Waals surface area (Å²) in [4.78, 5) is 9.21.